The number of carbonyl (C=O) groups is 2. The number of pyridine rings is 1. The third-order valence-electron chi connectivity index (χ3n) is 5.06. The summed E-state index contributed by atoms with van der Waals surface area (Å²) in [4.78, 5) is 31.1. The topological polar surface area (TPSA) is 109 Å². The Morgan fingerprint density at radius 1 is 1.18 bits per heavy atom. The maximum Gasteiger partial charge on any atom is 0.267 e. The van der Waals surface area contributed by atoms with Gasteiger partial charge < -0.3 is 10.2 Å². The molecule has 1 aliphatic heterocycles. The van der Waals surface area contributed by atoms with Crippen LogP contribution in [0.1, 0.15) is 51.3 Å². The van der Waals surface area contributed by atoms with Crippen LogP contribution < -0.4 is 4.90 Å². The van der Waals surface area contributed by atoms with E-state index in [-0.39, 0.29) is 22.5 Å². The highest BCUT2D eigenvalue weighted by atomic mass is 35.5. The Hall–Kier alpha value is -2.81. The molecular weight excluding hydrogens is 384 g/mol. The molecule has 9 heteroatoms. The van der Waals surface area contributed by atoms with Crippen molar-refractivity contribution in [2.24, 2.45) is 0 Å². The third-order valence-corrected chi connectivity index (χ3v) is 5.26. The monoisotopic (exact) mass is 398 g/mol. The van der Waals surface area contributed by atoms with Crippen molar-refractivity contribution < 1.29 is 19.8 Å². The Bertz CT molecular complexity index is 1120. The molecule has 2 aliphatic rings. The zero-order chi connectivity index (χ0) is 19.6. The van der Waals surface area contributed by atoms with Gasteiger partial charge in [-0.3, -0.25) is 14.3 Å². The van der Waals surface area contributed by atoms with Crippen molar-refractivity contribution in [3.8, 4) is 0 Å². The summed E-state index contributed by atoms with van der Waals surface area (Å²) in [5.41, 5.74) is 1.69. The highest BCUT2D eigenvalue weighted by Crippen LogP contribution is 2.42. The van der Waals surface area contributed by atoms with E-state index < -0.39 is 24.5 Å². The Balaban J connectivity index is 1.77. The minimum Gasteiger partial charge on any atom is -0.393 e. The summed E-state index contributed by atoms with van der Waals surface area (Å²) in [6.45, 7) is -0.506. The number of fused-ring (bicyclic) bond motifs is 2. The Morgan fingerprint density at radius 2 is 1.82 bits per heavy atom. The number of aliphatic hydroxyl groups excluding tert-OH is 2. The van der Waals surface area contributed by atoms with E-state index in [0.29, 0.717) is 22.2 Å². The second-order valence-corrected chi connectivity index (χ2v) is 7.31. The van der Waals surface area contributed by atoms with Crippen molar-refractivity contribution >= 4 is 40.3 Å². The Kier molecular flexibility index (Phi) is 3.77. The summed E-state index contributed by atoms with van der Waals surface area (Å²) in [5.74, 6) is -0.870. The molecule has 3 heterocycles. The van der Waals surface area contributed by atoms with Crippen LogP contribution in [-0.2, 0) is 0 Å². The molecular formula is C19H15ClN4O4. The molecule has 2 amide bonds. The molecule has 142 valence electrons. The molecule has 3 aromatic rings. The van der Waals surface area contributed by atoms with Crippen molar-refractivity contribution in [2.75, 3.05) is 11.5 Å². The van der Waals surface area contributed by atoms with Crippen LogP contribution in [0, 0.1) is 0 Å². The predicted molar refractivity (Wildman–Crippen MR) is 100 cm³/mol. The molecule has 0 saturated heterocycles. The first-order valence-corrected chi connectivity index (χ1v) is 9.24. The molecule has 0 radical (unpaired) electrons. The largest absolute Gasteiger partial charge is 0.393 e. The molecule has 2 aromatic heterocycles. The molecule has 2 N–H and O–H groups in total. The van der Waals surface area contributed by atoms with Gasteiger partial charge in [0.2, 0.25) is 0 Å². The first kappa shape index (κ1) is 17.3. The van der Waals surface area contributed by atoms with Crippen LogP contribution >= 0.6 is 11.6 Å². The van der Waals surface area contributed by atoms with Crippen LogP contribution in [0.15, 0.2) is 30.3 Å². The van der Waals surface area contributed by atoms with Crippen LogP contribution in [0.25, 0.3) is 11.0 Å². The second-order valence-electron chi connectivity index (χ2n) is 6.92. The lowest BCUT2D eigenvalue weighted by Crippen LogP contribution is -2.30. The summed E-state index contributed by atoms with van der Waals surface area (Å²) >= 11 is 6.14. The molecule has 1 atom stereocenters. The van der Waals surface area contributed by atoms with E-state index in [1.807, 2.05) is 0 Å². The van der Waals surface area contributed by atoms with Gasteiger partial charge in [0.25, 0.3) is 11.8 Å². The van der Waals surface area contributed by atoms with E-state index in [4.69, 9.17) is 11.6 Å². The Morgan fingerprint density at radius 3 is 2.39 bits per heavy atom. The normalized spacial score (nSPS) is 17.5. The van der Waals surface area contributed by atoms with Crippen LogP contribution in [0.3, 0.4) is 0 Å². The summed E-state index contributed by atoms with van der Waals surface area (Å²) in [6, 6.07) is 8.13. The number of aliphatic hydroxyl groups is 2. The average molecular weight is 399 g/mol. The quantitative estimate of drug-likeness (QED) is 0.515. The molecule has 8 nitrogen and oxygen atoms in total. The number of halogens is 1. The van der Waals surface area contributed by atoms with Gasteiger partial charge in [0.15, 0.2) is 5.82 Å². The molecule has 1 aromatic carbocycles. The van der Waals surface area contributed by atoms with Gasteiger partial charge in [-0.05, 0) is 31.0 Å². The van der Waals surface area contributed by atoms with Gasteiger partial charge in [0.1, 0.15) is 16.8 Å². The van der Waals surface area contributed by atoms with E-state index in [1.165, 1.54) is 6.07 Å². The van der Waals surface area contributed by atoms with Gasteiger partial charge in [0.05, 0.1) is 29.3 Å². The van der Waals surface area contributed by atoms with Crippen molar-refractivity contribution in [2.45, 2.75) is 25.0 Å². The van der Waals surface area contributed by atoms with E-state index in [0.717, 1.165) is 17.7 Å². The van der Waals surface area contributed by atoms with Crippen LogP contribution in [0.5, 0.6) is 0 Å². The lowest BCUT2D eigenvalue weighted by atomic mass is 10.1. The fourth-order valence-electron chi connectivity index (χ4n) is 3.59. The van der Waals surface area contributed by atoms with Gasteiger partial charge in [-0.15, -0.1) is 0 Å². The standard InChI is InChI=1S/C19H15ClN4O4/c20-14-7-12(13(26)8-25)16-15(21-14)17(22-24(16)9-5-6-9)23-18(27)10-3-1-2-4-11(10)19(23)28/h1-4,7,9,13,25-26H,5-6,8H2. The van der Waals surface area contributed by atoms with Crippen molar-refractivity contribution in [1.82, 2.24) is 14.8 Å². The minimum absolute atomic E-state index is 0.0724. The van der Waals surface area contributed by atoms with Crippen molar-refractivity contribution in [3.05, 3.63) is 52.2 Å². The zero-order valence-electron chi connectivity index (χ0n) is 14.5. The first-order valence-electron chi connectivity index (χ1n) is 8.86. The lowest BCUT2D eigenvalue weighted by Gasteiger charge is -2.12. The fourth-order valence-corrected chi connectivity index (χ4v) is 3.79. The molecule has 28 heavy (non-hydrogen) atoms. The number of rotatable bonds is 4. The van der Waals surface area contributed by atoms with E-state index in [9.17, 15) is 19.8 Å². The zero-order valence-corrected chi connectivity index (χ0v) is 15.3. The third kappa shape index (κ3) is 2.39. The number of anilines is 1. The van der Waals surface area contributed by atoms with Crippen LogP contribution in [0.2, 0.25) is 5.15 Å². The van der Waals surface area contributed by atoms with Crippen molar-refractivity contribution in [3.63, 3.8) is 0 Å². The van der Waals surface area contributed by atoms with Gasteiger partial charge in [-0.1, -0.05) is 23.7 Å². The lowest BCUT2D eigenvalue weighted by molar-refractivity contribution is 0.0925. The number of hydrogen-bond acceptors (Lipinski definition) is 6. The number of amides is 2. The predicted octanol–water partition coefficient (Wildman–Crippen LogP) is 2.25. The number of imide groups is 1. The molecule has 1 saturated carbocycles. The summed E-state index contributed by atoms with van der Waals surface area (Å²) < 4.78 is 1.67. The van der Waals surface area contributed by atoms with E-state index in [2.05, 4.69) is 10.1 Å². The molecule has 1 unspecified atom stereocenters. The second kappa shape index (κ2) is 6.10. The van der Waals surface area contributed by atoms with Gasteiger partial charge in [0, 0.05) is 5.56 Å². The van der Waals surface area contributed by atoms with E-state index >= 15 is 0 Å². The van der Waals surface area contributed by atoms with Crippen molar-refractivity contribution in [1.29, 1.82) is 0 Å². The van der Waals surface area contributed by atoms with Gasteiger partial charge in [-0.25, -0.2) is 9.88 Å². The summed E-state index contributed by atoms with van der Waals surface area (Å²) in [6.07, 6.45) is 0.581. The smallest absolute Gasteiger partial charge is 0.267 e. The highest BCUT2D eigenvalue weighted by Gasteiger charge is 2.41. The highest BCUT2D eigenvalue weighted by molar-refractivity contribution is 6.35. The molecule has 1 fully saturated rings. The SMILES string of the molecule is O=C1c2ccccc2C(=O)N1c1nn(C2CC2)c2c(C(O)CO)cc(Cl)nc12. The van der Waals surface area contributed by atoms with E-state index in [1.54, 1.807) is 28.9 Å². The average Bonchev–Trinajstić information content (AvgIpc) is 3.44. The van der Waals surface area contributed by atoms with Crippen LogP contribution in [0.4, 0.5) is 5.82 Å². The number of carbonyl (C=O) groups excluding carboxylic acids is 2. The Labute approximate surface area is 164 Å². The number of benzene rings is 1. The molecule has 5 rings (SSSR count). The van der Waals surface area contributed by atoms with Gasteiger partial charge in [-0.2, -0.15) is 5.10 Å². The molecule has 0 bridgehead atoms. The fraction of sp³-hybridized carbons (Fsp3) is 0.263. The van der Waals surface area contributed by atoms with Crippen LogP contribution in [-0.4, -0.2) is 43.4 Å². The molecule has 1 aliphatic carbocycles. The minimum atomic E-state index is -1.19. The van der Waals surface area contributed by atoms with Gasteiger partial charge >= 0.3 is 0 Å². The number of aromatic nitrogens is 3. The summed E-state index contributed by atoms with van der Waals surface area (Å²) in [5, 5.41) is 24.3. The maximum absolute atomic E-state index is 12.9. The number of hydrogen-bond donors (Lipinski definition) is 2. The number of nitrogens with zero attached hydrogens (tertiary/aromatic N) is 4. The molecule has 0 spiro atoms. The summed E-state index contributed by atoms with van der Waals surface area (Å²) in [7, 11) is 0. The first-order chi connectivity index (χ1) is 13.5. The maximum atomic E-state index is 12.9.